The number of nitrogens with one attached hydrogen (secondary N) is 2. The SMILES string of the molecule is CCCNC(=O)C1(C)COC(c2nc(-c3ccc(F)cc3)c(-c3ccnc(NCCOC)n3)o2)OC1. The van der Waals surface area contributed by atoms with Crippen LogP contribution in [0.1, 0.15) is 32.4 Å². The number of hydrogen-bond acceptors (Lipinski definition) is 9. The summed E-state index contributed by atoms with van der Waals surface area (Å²) in [6.45, 7) is 5.66. The van der Waals surface area contributed by atoms with Crippen LogP contribution in [0.15, 0.2) is 40.9 Å². The predicted octanol–water partition coefficient (Wildman–Crippen LogP) is 3.57. The van der Waals surface area contributed by atoms with Gasteiger partial charge in [-0.1, -0.05) is 6.92 Å². The third kappa shape index (κ3) is 5.86. The van der Waals surface area contributed by atoms with Gasteiger partial charge in [0.1, 0.15) is 17.2 Å². The van der Waals surface area contributed by atoms with Gasteiger partial charge in [0.25, 0.3) is 5.89 Å². The molecule has 192 valence electrons. The topological polar surface area (TPSA) is 121 Å². The van der Waals surface area contributed by atoms with Crippen molar-refractivity contribution in [3.05, 3.63) is 48.2 Å². The van der Waals surface area contributed by atoms with Crippen LogP contribution < -0.4 is 10.6 Å². The third-order valence-corrected chi connectivity index (χ3v) is 5.63. The van der Waals surface area contributed by atoms with Crippen molar-refractivity contribution >= 4 is 11.9 Å². The van der Waals surface area contributed by atoms with Crippen LogP contribution in [0.4, 0.5) is 10.3 Å². The molecule has 36 heavy (non-hydrogen) atoms. The van der Waals surface area contributed by atoms with Crippen LogP contribution in [0.2, 0.25) is 0 Å². The molecular weight excluding hydrogens is 469 g/mol. The Morgan fingerprint density at radius 3 is 2.61 bits per heavy atom. The molecule has 0 atom stereocenters. The molecule has 0 saturated carbocycles. The highest BCUT2D eigenvalue weighted by molar-refractivity contribution is 5.82. The molecule has 1 aliphatic heterocycles. The van der Waals surface area contributed by atoms with E-state index >= 15 is 0 Å². The second kappa shape index (κ2) is 11.5. The van der Waals surface area contributed by atoms with Crippen molar-refractivity contribution in [1.82, 2.24) is 20.3 Å². The van der Waals surface area contributed by atoms with Crippen LogP contribution in [-0.2, 0) is 19.0 Å². The standard InChI is InChI=1S/C25H30FN5O5/c1-4-10-27-23(32)25(2)14-34-22(35-15-25)21-31-19(16-5-7-17(26)8-6-16)20(36-21)18-9-11-28-24(30-18)29-12-13-33-3/h5-9,11,22H,4,10,12-15H2,1-3H3,(H,27,32)(H,28,29,30). The number of aromatic nitrogens is 3. The highest BCUT2D eigenvalue weighted by atomic mass is 19.1. The Balaban J connectivity index is 1.61. The summed E-state index contributed by atoms with van der Waals surface area (Å²) in [6.07, 6.45) is 1.53. The Labute approximate surface area is 208 Å². The minimum Gasteiger partial charge on any atom is -0.433 e. The number of carbonyl (C=O) groups is 1. The third-order valence-electron chi connectivity index (χ3n) is 5.63. The molecule has 4 rings (SSSR count). The first-order valence-electron chi connectivity index (χ1n) is 11.8. The molecule has 0 bridgehead atoms. The molecule has 1 aliphatic rings. The molecule has 2 N–H and O–H groups in total. The van der Waals surface area contributed by atoms with E-state index in [1.165, 1.54) is 12.1 Å². The van der Waals surface area contributed by atoms with Crippen LogP contribution >= 0.6 is 0 Å². The first-order valence-corrected chi connectivity index (χ1v) is 11.8. The van der Waals surface area contributed by atoms with Crippen molar-refractivity contribution in [2.75, 3.05) is 45.3 Å². The Bertz CT molecular complexity index is 1160. The second-order valence-electron chi connectivity index (χ2n) is 8.69. The molecule has 3 aromatic rings. The zero-order valence-corrected chi connectivity index (χ0v) is 20.5. The molecule has 0 unspecified atom stereocenters. The molecule has 1 fully saturated rings. The normalized spacial score (nSPS) is 19.7. The minimum absolute atomic E-state index is 0.127. The van der Waals surface area contributed by atoms with Gasteiger partial charge in [-0.3, -0.25) is 4.79 Å². The summed E-state index contributed by atoms with van der Waals surface area (Å²) in [6, 6.07) is 7.60. The van der Waals surface area contributed by atoms with Gasteiger partial charge in [0.2, 0.25) is 18.1 Å². The molecular formula is C25H30FN5O5. The number of rotatable bonds is 10. The summed E-state index contributed by atoms with van der Waals surface area (Å²) in [5.74, 6) is 0.432. The molecule has 0 aliphatic carbocycles. The molecule has 1 saturated heterocycles. The zero-order valence-electron chi connectivity index (χ0n) is 20.5. The molecule has 11 heteroatoms. The van der Waals surface area contributed by atoms with Gasteiger partial charge in [-0.15, -0.1) is 0 Å². The Morgan fingerprint density at radius 2 is 1.92 bits per heavy atom. The Kier molecular flexibility index (Phi) is 8.24. The van der Waals surface area contributed by atoms with Gasteiger partial charge >= 0.3 is 0 Å². The van der Waals surface area contributed by atoms with Crippen molar-refractivity contribution < 1.29 is 27.8 Å². The van der Waals surface area contributed by atoms with Crippen molar-refractivity contribution in [1.29, 1.82) is 0 Å². The molecule has 0 spiro atoms. The van der Waals surface area contributed by atoms with Gasteiger partial charge in [0, 0.05) is 32.0 Å². The lowest BCUT2D eigenvalue weighted by molar-refractivity contribution is -0.236. The largest absolute Gasteiger partial charge is 0.433 e. The Morgan fingerprint density at radius 1 is 1.17 bits per heavy atom. The maximum atomic E-state index is 13.6. The fourth-order valence-corrected chi connectivity index (χ4v) is 3.58. The number of amides is 1. The monoisotopic (exact) mass is 499 g/mol. The lowest BCUT2D eigenvalue weighted by Crippen LogP contribution is -2.48. The van der Waals surface area contributed by atoms with E-state index in [4.69, 9.17) is 18.6 Å². The van der Waals surface area contributed by atoms with E-state index in [9.17, 15) is 9.18 Å². The van der Waals surface area contributed by atoms with Crippen LogP contribution in [0.5, 0.6) is 0 Å². The highest BCUT2D eigenvalue weighted by Gasteiger charge is 2.41. The number of benzene rings is 1. The number of hydrogen-bond donors (Lipinski definition) is 2. The van der Waals surface area contributed by atoms with Gasteiger partial charge in [0.15, 0.2) is 5.76 Å². The lowest BCUT2D eigenvalue weighted by Gasteiger charge is -2.34. The summed E-state index contributed by atoms with van der Waals surface area (Å²) in [7, 11) is 1.61. The molecule has 0 radical (unpaired) electrons. The van der Waals surface area contributed by atoms with E-state index in [-0.39, 0.29) is 30.8 Å². The van der Waals surface area contributed by atoms with E-state index in [2.05, 4.69) is 25.6 Å². The quantitative estimate of drug-likeness (QED) is 0.403. The summed E-state index contributed by atoms with van der Waals surface area (Å²) in [5.41, 5.74) is 0.736. The average Bonchev–Trinajstić information content (AvgIpc) is 3.34. The van der Waals surface area contributed by atoms with Gasteiger partial charge < -0.3 is 29.3 Å². The van der Waals surface area contributed by atoms with Crippen molar-refractivity contribution in [2.24, 2.45) is 5.41 Å². The molecule has 10 nitrogen and oxygen atoms in total. The van der Waals surface area contributed by atoms with Crippen molar-refractivity contribution in [3.8, 4) is 22.7 Å². The maximum Gasteiger partial charge on any atom is 0.253 e. The summed E-state index contributed by atoms with van der Waals surface area (Å²) in [4.78, 5) is 25.9. The number of ether oxygens (including phenoxy) is 3. The number of anilines is 1. The number of carbonyl (C=O) groups excluding carboxylic acids is 1. The van der Waals surface area contributed by atoms with E-state index in [0.29, 0.717) is 48.4 Å². The maximum absolute atomic E-state index is 13.6. The number of oxazole rings is 1. The van der Waals surface area contributed by atoms with Gasteiger partial charge in [-0.2, -0.15) is 0 Å². The minimum atomic E-state index is -0.911. The van der Waals surface area contributed by atoms with Crippen molar-refractivity contribution in [2.45, 2.75) is 26.6 Å². The first kappa shape index (κ1) is 25.7. The summed E-state index contributed by atoms with van der Waals surface area (Å²) in [5, 5.41) is 5.97. The zero-order chi connectivity index (χ0) is 25.5. The van der Waals surface area contributed by atoms with Gasteiger partial charge in [-0.05, 0) is 43.7 Å². The fourth-order valence-electron chi connectivity index (χ4n) is 3.58. The van der Waals surface area contributed by atoms with Crippen molar-refractivity contribution in [3.63, 3.8) is 0 Å². The van der Waals surface area contributed by atoms with Crippen LogP contribution in [0, 0.1) is 11.2 Å². The number of nitrogens with zero attached hydrogens (tertiary/aromatic N) is 3. The smallest absolute Gasteiger partial charge is 0.253 e. The fraction of sp³-hybridized carbons (Fsp3) is 0.440. The van der Waals surface area contributed by atoms with Crippen LogP contribution in [0.25, 0.3) is 22.7 Å². The van der Waals surface area contributed by atoms with E-state index < -0.39 is 11.7 Å². The van der Waals surface area contributed by atoms with Gasteiger partial charge in [-0.25, -0.2) is 19.3 Å². The average molecular weight is 500 g/mol. The first-order chi connectivity index (χ1) is 17.4. The van der Waals surface area contributed by atoms with E-state index in [0.717, 1.165) is 6.42 Å². The summed E-state index contributed by atoms with van der Waals surface area (Å²) < 4.78 is 36.5. The second-order valence-corrected chi connectivity index (χ2v) is 8.69. The number of halogens is 1. The summed E-state index contributed by atoms with van der Waals surface area (Å²) >= 11 is 0. The van der Waals surface area contributed by atoms with Gasteiger partial charge in [0.05, 0.1) is 25.2 Å². The molecule has 2 aromatic heterocycles. The van der Waals surface area contributed by atoms with E-state index in [1.807, 2.05) is 6.92 Å². The molecule has 1 amide bonds. The lowest BCUT2D eigenvalue weighted by atomic mass is 9.91. The number of methoxy groups -OCH3 is 1. The van der Waals surface area contributed by atoms with Crippen LogP contribution in [-0.4, -0.2) is 60.9 Å². The van der Waals surface area contributed by atoms with E-state index in [1.54, 1.807) is 38.4 Å². The highest BCUT2D eigenvalue weighted by Crippen LogP contribution is 2.37. The Hall–Kier alpha value is -3.41. The molecule has 1 aromatic carbocycles. The molecule has 3 heterocycles. The predicted molar refractivity (Wildman–Crippen MR) is 129 cm³/mol. The van der Waals surface area contributed by atoms with Crippen LogP contribution in [0.3, 0.4) is 0 Å².